The molecule has 6 nitrogen and oxygen atoms in total. The molecule has 29 heavy (non-hydrogen) atoms. The lowest BCUT2D eigenvalue weighted by molar-refractivity contribution is -0.127. The fraction of sp³-hybridized carbons (Fsp3) is 0.409. The van der Waals surface area contributed by atoms with Crippen LogP contribution in [-0.2, 0) is 14.8 Å². The fourth-order valence-electron chi connectivity index (χ4n) is 3.64. The standard InChI is InChI=1S/C22H28N2O4S/c1-13-10-14(2)16(4)20(15(13)3)29(26,27)23-17-8-9-18-19(11-17)28-12-22(5,6)21(25)24(18)7/h8-11,23H,12H2,1-7H3. The average Bonchev–Trinajstić information content (AvgIpc) is 2.70. The number of ether oxygens (including phenoxy) is 1. The molecule has 1 amide bonds. The van der Waals surface area contributed by atoms with Crippen molar-refractivity contribution in [2.24, 2.45) is 5.41 Å². The minimum Gasteiger partial charge on any atom is -0.490 e. The third-order valence-electron chi connectivity index (χ3n) is 5.61. The van der Waals surface area contributed by atoms with Gasteiger partial charge in [-0.15, -0.1) is 0 Å². The number of nitrogens with zero attached hydrogens (tertiary/aromatic N) is 1. The highest BCUT2D eigenvalue weighted by Gasteiger charge is 2.36. The van der Waals surface area contributed by atoms with Crippen LogP contribution in [-0.4, -0.2) is 28.0 Å². The molecule has 0 aromatic heterocycles. The maximum absolute atomic E-state index is 13.2. The van der Waals surface area contributed by atoms with Gasteiger partial charge in [0.2, 0.25) is 5.91 Å². The molecule has 0 saturated carbocycles. The first kappa shape index (κ1) is 21.2. The van der Waals surface area contributed by atoms with Crippen molar-refractivity contribution in [3.8, 4) is 5.75 Å². The van der Waals surface area contributed by atoms with Crippen molar-refractivity contribution in [3.63, 3.8) is 0 Å². The van der Waals surface area contributed by atoms with E-state index in [2.05, 4.69) is 4.72 Å². The van der Waals surface area contributed by atoms with Gasteiger partial charge in [0.1, 0.15) is 12.4 Å². The number of benzene rings is 2. The molecule has 0 saturated heterocycles. The van der Waals surface area contributed by atoms with E-state index < -0.39 is 15.4 Å². The number of aryl methyl sites for hydroxylation is 2. The van der Waals surface area contributed by atoms with Crippen LogP contribution >= 0.6 is 0 Å². The number of anilines is 2. The Morgan fingerprint density at radius 3 is 2.21 bits per heavy atom. The summed E-state index contributed by atoms with van der Waals surface area (Å²) < 4.78 is 34.9. The van der Waals surface area contributed by atoms with Gasteiger partial charge in [-0.1, -0.05) is 6.07 Å². The van der Waals surface area contributed by atoms with Gasteiger partial charge in [0.15, 0.2) is 0 Å². The molecule has 2 aromatic rings. The number of amides is 1. The van der Waals surface area contributed by atoms with Crippen LogP contribution in [0.15, 0.2) is 29.2 Å². The van der Waals surface area contributed by atoms with Crippen molar-refractivity contribution in [3.05, 3.63) is 46.5 Å². The lowest BCUT2D eigenvalue weighted by Gasteiger charge is -2.24. The number of rotatable bonds is 3. The van der Waals surface area contributed by atoms with Gasteiger partial charge in [-0.2, -0.15) is 0 Å². The quantitative estimate of drug-likeness (QED) is 0.817. The van der Waals surface area contributed by atoms with Gasteiger partial charge in [0.05, 0.1) is 21.7 Å². The summed E-state index contributed by atoms with van der Waals surface area (Å²) in [7, 11) is -2.09. The normalized spacial score (nSPS) is 16.1. The van der Waals surface area contributed by atoms with Crippen LogP contribution in [0.3, 0.4) is 0 Å². The van der Waals surface area contributed by atoms with Crippen molar-refractivity contribution >= 4 is 27.3 Å². The third-order valence-corrected chi connectivity index (χ3v) is 7.27. The maximum atomic E-state index is 13.2. The Morgan fingerprint density at radius 2 is 1.62 bits per heavy atom. The van der Waals surface area contributed by atoms with E-state index in [4.69, 9.17) is 4.74 Å². The summed E-state index contributed by atoms with van der Waals surface area (Å²) in [4.78, 5) is 14.5. The largest absolute Gasteiger partial charge is 0.490 e. The molecule has 1 N–H and O–H groups in total. The summed E-state index contributed by atoms with van der Waals surface area (Å²) in [5.41, 5.74) is 3.67. The van der Waals surface area contributed by atoms with Gasteiger partial charge in [-0.05, 0) is 75.9 Å². The molecule has 1 aliphatic rings. The van der Waals surface area contributed by atoms with Gasteiger partial charge in [-0.25, -0.2) is 8.42 Å². The molecule has 0 atom stereocenters. The Labute approximate surface area is 172 Å². The molecule has 0 aliphatic carbocycles. The second-order valence-electron chi connectivity index (χ2n) is 8.41. The molecular weight excluding hydrogens is 388 g/mol. The van der Waals surface area contributed by atoms with Gasteiger partial charge >= 0.3 is 0 Å². The van der Waals surface area contributed by atoms with Crippen LogP contribution in [0.25, 0.3) is 0 Å². The third kappa shape index (κ3) is 3.71. The first-order valence-corrected chi connectivity index (χ1v) is 11.0. The number of carbonyl (C=O) groups excluding carboxylic acids is 1. The fourth-order valence-corrected chi connectivity index (χ4v) is 5.31. The predicted octanol–water partition coefficient (Wildman–Crippen LogP) is 4.10. The molecule has 1 aliphatic heterocycles. The van der Waals surface area contributed by atoms with Crippen LogP contribution in [0.2, 0.25) is 0 Å². The van der Waals surface area contributed by atoms with Crippen molar-refractivity contribution < 1.29 is 17.9 Å². The molecule has 156 valence electrons. The number of hydrogen-bond donors (Lipinski definition) is 1. The molecular formula is C22H28N2O4S. The minimum atomic E-state index is -3.79. The number of hydrogen-bond acceptors (Lipinski definition) is 4. The molecule has 3 rings (SSSR count). The summed E-state index contributed by atoms with van der Waals surface area (Å²) >= 11 is 0. The summed E-state index contributed by atoms with van der Waals surface area (Å²) in [6.45, 7) is 11.3. The zero-order valence-electron chi connectivity index (χ0n) is 18.0. The van der Waals surface area contributed by atoms with Crippen LogP contribution < -0.4 is 14.4 Å². The predicted molar refractivity (Wildman–Crippen MR) is 115 cm³/mol. The Balaban J connectivity index is 2.01. The monoisotopic (exact) mass is 416 g/mol. The minimum absolute atomic E-state index is 0.0499. The summed E-state index contributed by atoms with van der Waals surface area (Å²) in [6, 6.07) is 6.97. The van der Waals surface area contributed by atoms with Gasteiger partial charge < -0.3 is 9.64 Å². The van der Waals surface area contributed by atoms with Crippen molar-refractivity contribution in [2.75, 3.05) is 23.3 Å². The van der Waals surface area contributed by atoms with E-state index in [1.807, 2.05) is 47.6 Å². The number of nitrogens with one attached hydrogen (secondary N) is 1. The topological polar surface area (TPSA) is 75.7 Å². The average molecular weight is 417 g/mol. The first-order chi connectivity index (χ1) is 13.3. The molecule has 0 bridgehead atoms. The summed E-state index contributed by atoms with van der Waals surface area (Å²) in [6.07, 6.45) is 0. The Morgan fingerprint density at radius 1 is 1.03 bits per heavy atom. The molecule has 0 fully saturated rings. The van der Waals surface area contributed by atoms with E-state index >= 15 is 0 Å². The van der Waals surface area contributed by atoms with Crippen LogP contribution in [0.1, 0.15) is 36.1 Å². The Bertz CT molecular complexity index is 1080. The van der Waals surface area contributed by atoms with E-state index in [0.29, 0.717) is 22.0 Å². The highest BCUT2D eigenvalue weighted by atomic mass is 32.2. The zero-order valence-corrected chi connectivity index (χ0v) is 18.8. The zero-order chi connectivity index (χ0) is 21.7. The first-order valence-electron chi connectivity index (χ1n) is 9.50. The molecule has 0 spiro atoms. The number of fused-ring (bicyclic) bond motifs is 1. The van der Waals surface area contributed by atoms with Gasteiger partial charge in [-0.3, -0.25) is 9.52 Å². The maximum Gasteiger partial charge on any atom is 0.262 e. The van der Waals surface area contributed by atoms with E-state index in [1.54, 1.807) is 30.1 Å². The molecule has 1 heterocycles. The van der Waals surface area contributed by atoms with Crippen molar-refractivity contribution in [2.45, 2.75) is 46.4 Å². The second kappa shape index (κ2) is 7.06. The highest BCUT2D eigenvalue weighted by molar-refractivity contribution is 7.92. The number of carbonyl (C=O) groups is 1. The molecule has 0 radical (unpaired) electrons. The molecule has 2 aromatic carbocycles. The van der Waals surface area contributed by atoms with Crippen LogP contribution in [0.4, 0.5) is 11.4 Å². The SMILES string of the molecule is Cc1cc(C)c(C)c(S(=O)(=O)Nc2ccc3c(c2)OCC(C)(C)C(=O)N3C)c1C. The molecule has 7 heteroatoms. The van der Waals surface area contributed by atoms with Crippen LogP contribution in [0, 0.1) is 33.1 Å². The molecule has 0 unspecified atom stereocenters. The van der Waals surface area contributed by atoms with E-state index in [0.717, 1.165) is 22.3 Å². The number of sulfonamides is 1. The van der Waals surface area contributed by atoms with E-state index in [9.17, 15) is 13.2 Å². The van der Waals surface area contributed by atoms with Crippen LogP contribution in [0.5, 0.6) is 5.75 Å². The van der Waals surface area contributed by atoms with E-state index in [-0.39, 0.29) is 12.5 Å². The Hall–Kier alpha value is -2.54. The summed E-state index contributed by atoms with van der Waals surface area (Å²) in [5, 5.41) is 0. The second-order valence-corrected chi connectivity index (χ2v) is 10.0. The smallest absolute Gasteiger partial charge is 0.262 e. The van der Waals surface area contributed by atoms with Gasteiger partial charge in [0, 0.05) is 13.1 Å². The van der Waals surface area contributed by atoms with Crippen molar-refractivity contribution in [1.29, 1.82) is 0 Å². The summed E-state index contributed by atoms with van der Waals surface area (Å²) in [5.74, 6) is 0.423. The lowest BCUT2D eigenvalue weighted by Crippen LogP contribution is -2.39. The van der Waals surface area contributed by atoms with E-state index in [1.165, 1.54) is 0 Å². The van der Waals surface area contributed by atoms with Crippen molar-refractivity contribution in [1.82, 2.24) is 0 Å². The Kier molecular flexibility index (Phi) is 5.15. The van der Waals surface area contributed by atoms with Gasteiger partial charge in [0.25, 0.3) is 10.0 Å². The lowest BCUT2D eigenvalue weighted by atomic mass is 9.93. The highest BCUT2D eigenvalue weighted by Crippen LogP contribution is 2.38.